The van der Waals surface area contributed by atoms with Crippen molar-refractivity contribution in [2.24, 2.45) is 23.2 Å². The van der Waals surface area contributed by atoms with Gasteiger partial charge in [-0.1, -0.05) is 0 Å². The van der Waals surface area contributed by atoms with E-state index in [4.69, 9.17) is 10.5 Å². The molecule has 2 saturated carbocycles. The van der Waals surface area contributed by atoms with E-state index in [1.54, 1.807) is 0 Å². The minimum Gasteiger partial charge on any atom is -0.198 e. The average Bonchev–Trinajstić information content (AvgIpc) is 2.84. The maximum Gasteiger partial charge on any atom is 0.0693 e. The molecule has 0 aromatic heterocycles. The van der Waals surface area contributed by atoms with E-state index >= 15 is 0 Å². The van der Waals surface area contributed by atoms with Crippen molar-refractivity contribution in [3.05, 3.63) is 0 Å². The SMILES string of the molecule is N#CCCC1(C#N)CC2CC1CC2CC#N. The Morgan fingerprint density at radius 3 is 2.44 bits per heavy atom. The zero-order chi connectivity index (χ0) is 11.6. The fourth-order valence-corrected chi connectivity index (χ4v) is 3.69. The molecule has 2 fully saturated rings. The lowest BCUT2D eigenvalue weighted by atomic mass is 9.68. The molecule has 0 amide bonds. The molecular formula is C13H15N3. The minimum absolute atomic E-state index is 0.244. The van der Waals surface area contributed by atoms with Crippen molar-refractivity contribution >= 4 is 0 Å². The number of rotatable bonds is 3. The molecule has 2 aliphatic rings. The first-order valence-corrected chi connectivity index (χ1v) is 5.91. The van der Waals surface area contributed by atoms with Gasteiger partial charge in [-0.2, -0.15) is 15.8 Å². The van der Waals surface area contributed by atoms with Crippen LogP contribution >= 0.6 is 0 Å². The molecule has 2 bridgehead atoms. The van der Waals surface area contributed by atoms with E-state index in [-0.39, 0.29) is 5.41 Å². The molecule has 0 spiro atoms. The second-order valence-electron chi connectivity index (χ2n) is 5.18. The van der Waals surface area contributed by atoms with Crippen molar-refractivity contribution in [3.8, 4) is 18.2 Å². The van der Waals surface area contributed by atoms with Gasteiger partial charge in [-0.25, -0.2) is 0 Å². The highest BCUT2D eigenvalue weighted by atomic mass is 14.6. The van der Waals surface area contributed by atoms with Gasteiger partial charge in [0.15, 0.2) is 0 Å². The third-order valence-corrected chi connectivity index (χ3v) is 4.51. The van der Waals surface area contributed by atoms with Gasteiger partial charge in [0.1, 0.15) is 0 Å². The van der Waals surface area contributed by atoms with E-state index in [1.165, 1.54) is 0 Å². The largest absolute Gasteiger partial charge is 0.198 e. The van der Waals surface area contributed by atoms with Crippen LogP contribution in [0.25, 0.3) is 0 Å². The van der Waals surface area contributed by atoms with Gasteiger partial charge in [0, 0.05) is 12.8 Å². The highest BCUT2D eigenvalue weighted by Gasteiger charge is 2.54. The van der Waals surface area contributed by atoms with Gasteiger partial charge in [0.2, 0.25) is 0 Å². The van der Waals surface area contributed by atoms with Crippen LogP contribution in [0.1, 0.15) is 38.5 Å². The number of fused-ring (bicyclic) bond motifs is 2. The van der Waals surface area contributed by atoms with Crippen molar-refractivity contribution in [2.45, 2.75) is 38.5 Å². The summed E-state index contributed by atoms with van der Waals surface area (Å²) < 4.78 is 0. The maximum absolute atomic E-state index is 9.36. The summed E-state index contributed by atoms with van der Waals surface area (Å²) in [7, 11) is 0. The van der Waals surface area contributed by atoms with Crippen molar-refractivity contribution in [1.82, 2.24) is 0 Å². The summed E-state index contributed by atoms with van der Waals surface area (Å²) in [5.41, 5.74) is -0.244. The van der Waals surface area contributed by atoms with Crippen molar-refractivity contribution in [2.75, 3.05) is 0 Å². The average molecular weight is 213 g/mol. The molecule has 4 atom stereocenters. The molecule has 0 radical (unpaired) electrons. The molecule has 16 heavy (non-hydrogen) atoms. The molecule has 0 aliphatic heterocycles. The third kappa shape index (κ3) is 1.56. The number of nitriles is 3. The topological polar surface area (TPSA) is 71.4 Å². The molecule has 0 heterocycles. The Morgan fingerprint density at radius 2 is 1.94 bits per heavy atom. The summed E-state index contributed by atoms with van der Waals surface area (Å²) in [4.78, 5) is 0. The van der Waals surface area contributed by atoms with Crippen LogP contribution in [0.4, 0.5) is 0 Å². The highest BCUT2D eigenvalue weighted by molar-refractivity contribution is 5.14. The van der Waals surface area contributed by atoms with Crippen LogP contribution in [0.2, 0.25) is 0 Å². The van der Waals surface area contributed by atoms with Gasteiger partial charge in [0.05, 0.1) is 23.6 Å². The fourth-order valence-electron chi connectivity index (χ4n) is 3.69. The van der Waals surface area contributed by atoms with Gasteiger partial charge in [0.25, 0.3) is 0 Å². The second kappa shape index (κ2) is 4.15. The predicted octanol–water partition coefficient (Wildman–Crippen LogP) is 2.76. The number of hydrogen-bond donors (Lipinski definition) is 0. The molecule has 4 unspecified atom stereocenters. The normalized spacial score (nSPS) is 39.9. The lowest BCUT2D eigenvalue weighted by molar-refractivity contribution is 0.182. The Kier molecular flexibility index (Phi) is 2.84. The van der Waals surface area contributed by atoms with Crippen molar-refractivity contribution < 1.29 is 0 Å². The molecule has 82 valence electrons. The first kappa shape index (κ1) is 11.0. The third-order valence-electron chi connectivity index (χ3n) is 4.51. The lowest BCUT2D eigenvalue weighted by Crippen LogP contribution is -2.29. The zero-order valence-corrected chi connectivity index (χ0v) is 9.32. The van der Waals surface area contributed by atoms with Gasteiger partial charge < -0.3 is 0 Å². The van der Waals surface area contributed by atoms with E-state index in [0.29, 0.717) is 30.6 Å². The zero-order valence-electron chi connectivity index (χ0n) is 9.32. The molecule has 0 aromatic rings. The van der Waals surface area contributed by atoms with Crippen molar-refractivity contribution in [3.63, 3.8) is 0 Å². The Hall–Kier alpha value is -1.53. The molecule has 0 N–H and O–H groups in total. The van der Waals surface area contributed by atoms with E-state index in [1.807, 2.05) is 0 Å². The quantitative estimate of drug-likeness (QED) is 0.723. The standard InChI is InChI=1S/C13H15N3/c14-4-1-3-13(9-16)8-11-7-12(13)6-10(11)2-5-15/h10-12H,1-3,6-8H2. The van der Waals surface area contributed by atoms with Gasteiger partial charge in [-0.15, -0.1) is 0 Å². The molecule has 2 rings (SSSR count). The highest BCUT2D eigenvalue weighted by Crippen LogP contribution is 2.60. The van der Waals surface area contributed by atoms with Gasteiger partial charge in [-0.05, 0) is 43.4 Å². The van der Waals surface area contributed by atoms with Gasteiger partial charge in [-0.3, -0.25) is 0 Å². The fraction of sp³-hybridized carbons (Fsp3) is 0.769. The van der Waals surface area contributed by atoms with Crippen molar-refractivity contribution in [1.29, 1.82) is 15.8 Å². The Bertz CT molecular complexity index is 395. The van der Waals surface area contributed by atoms with Crippen LogP contribution in [-0.4, -0.2) is 0 Å². The molecule has 0 aromatic carbocycles. The number of hydrogen-bond acceptors (Lipinski definition) is 3. The van der Waals surface area contributed by atoms with Gasteiger partial charge >= 0.3 is 0 Å². The number of nitrogens with zero attached hydrogens (tertiary/aromatic N) is 3. The molecular weight excluding hydrogens is 198 g/mol. The van der Waals surface area contributed by atoms with E-state index in [9.17, 15) is 5.26 Å². The molecule has 3 nitrogen and oxygen atoms in total. The first-order valence-electron chi connectivity index (χ1n) is 5.91. The Morgan fingerprint density at radius 1 is 1.12 bits per heavy atom. The van der Waals surface area contributed by atoms with Crippen LogP contribution in [0.15, 0.2) is 0 Å². The van der Waals surface area contributed by atoms with Crippen LogP contribution in [0.3, 0.4) is 0 Å². The first-order chi connectivity index (χ1) is 7.75. The summed E-state index contributed by atoms with van der Waals surface area (Å²) in [5, 5.41) is 26.7. The van der Waals surface area contributed by atoms with Crippen LogP contribution in [0.5, 0.6) is 0 Å². The second-order valence-corrected chi connectivity index (χ2v) is 5.18. The Balaban J connectivity index is 2.06. The summed E-state index contributed by atoms with van der Waals surface area (Å²) in [6, 6.07) is 6.87. The summed E-state index contributed by atoms with van der Waals surface area (Å²) >= 11 is 0. The molecule has 3 heteroatoms. The predicted molar refractivity (Wildman–Crippen MR) is 57.4 cm³/mol. The monoisotopic (exact) mass is 213 g/mol. The minimum atomic E-state index is -0.244. The van der Waals surface area contributed by atoms with E-state index in [2.05, 4.69) is 18.2 Å². The summed E-state index contributed by atoms with van der Waals surface area (Å²) in [6.07, 6.45) is 4.89. The van der Waals surface area contributed by atoms with Crippen LogP contribution in [0, 0.1) is 57.2 Å². The smallest absolute Gasteiger partial charge is 0.0693 e. The Labute approximate surface area is 96.3 Å². The summed E-state index contributed by atoms with van der Waals surface area (Å²) in [6.45, 7) is 0. The maximum atomic E-state index is 9.36. The molecule has 0 saturated heterocycles. The van der Waals surface area contributed by atoms with E-state index in [0.717, 1.165) is 25.7 Å². The van der Waals surface area contributed by atoms with E-state index < -0.39 is 0 Å². The lowest BCUT2D eigenvalue weighted by Gasteiger charge is -2.33. The van der Waals surface area contributed by atoms with Crippen LogP contribution in [-0.2, 0) is 0 Å². The summed E-state index contributed by atoms with van der Waals surface area (Å²) in [5.74, 6) is 1.51. The molecule has 2 aliphatic carbocycles. The van der Waals surface area contributed by atoms with Crippen LogP contribution < -0.4 is 0 Å².